The molecular weight excluding hydrogens is 476 g/mol. The molecule has 0 aliphatic carbocycles. The highest BCUT2D eigenvalue weighted by Crippen LogP contribution is 2.32. The van der Waals surface area contributed by atoms with E-state index >= 15 is 0 Å². The third kappa shape index (κ3) is 6.63. The fourth-order valence-corrected chi connectivity index (χ4v) is 5.09. The summed E-state index contributed by atoms with van der Waals surface area (Å²) in [7, 11) is 1.80. The standard InChI is InChI=1S/C26H34N6O3S/c1-17-22(23(33)29-20-15-28-31(5)16-20)30-24(36-17)19-7-6-8-21(13-19)32-11-9-18(10-12-32)14-27-25(34)35-26(2,3)4/h6-8,13,15-16,18H,9-12,14H2,1-5H3,(H,27,34)(H,29,33). The zero-order valence-electron chi connectivity index (χ0n) is 21.5. The number of piperidine rings is 1. The summed E-state index contributed by atoms with van der Waals surface area (Å²) in [5.74, 6) is 0.195. The van der Waals surface area contributed by atoms with Crippen LogP contribution in [0.4, 0.5) is 16.2 Å². The number of carbonyl (C=O) groups excluding carboxylic acids is 2. The molecule has 2 N–H and O–H groups in total. The maximum atomic E-state index is 12.8. The fourth-order valence-electron chi connectivity index (χ4n) is 4.18. The zero-order valence-corrected chi connectivity index (χ0v) is 22.3. The van der Waals surface area contributed by atoms with Gasteiger partial charge in [-0.2, -0.15) is 5.10 Å². The molecule has 3 heterocycles. The maximum Gasteiger partial charge on any atom is 0.407 e. The van der Waals surface area contributed by atoms with Crippen molar-refractivity contribution in [1.82, 2.24) is 20.1 Å². The van der Waals surface area contributed by atoms with Crippen LogP contribution in [0.5, 0.6) is 0 Å². The van der Waals surface area contributed by atoms with Gasteiger partial charge in [0.2, 0.25) is 0 Å². The molecule has 192 valence electrons. The van der Waals surface area contributed by atoms with Crippen LogP contribution in [-0.4, -0.2) is 52.0 Å². The normalized spacial score (nSPS) is 14.5. The predicted octanol–water partition coefficient (Wildman–Crippen LogP) is 4.85. The van der Waals surface area contributed by atoms with Crippen LogP contribution in [-0.2, 0) is 11.8 Å². The number of carbonyl (C=O) groups is 2. The second-order valence-electron chi connectivity index (χ2n) is 10.1. The van der Waals surface area contributed by atoms with Gasteiger partial charge in [0, 0.05) is 49.0 Å². The van der Waals surface area contributed by atoms with E-state index in [0.29, 0.717) is 23.8 Å². The van der Waals surface area contributed by atoms with Crippen LogP contribution in [0.15, 0.2) is 36.7 Å². The van der Waals surface area contributed by atoms with Crippen molar-refractivity contribution in [3.05, 3.63) is 47.2 Å². The molecule has 2 amide bonds. The van der Waals surface area contributed by atoms with Crippen LogP contribution >= 0.6 is 11.3 Å². The van der Waals surface area contributed by atoms with Gasteiger partial charge in [-0.25, -0.2) is 9.78 Å². The van der Waals surface area contributed by atoms with E-state index in [1.807, 2.05) is 39.8 Å². The Hall–Kier alpha value is -3.40. The fraction of sp³-hybridized carbons (Fsp3) is 0.462. The molecule has 0 saturated carbocycles. The van der Waals surface area contributed by atoms with Crippen molar-refractivity contribution in [2.75, 3.05) is 29.9 Å². The highest BCUT2D eigenvalue weighted by Gasteiger charge is 2.23. The van der Waals surface area contributed by atoms with Crippen molar-refractivity contribution in [2.24, 2.45) is 13.0 Å². The summed E-state index contributed by atoms with van der Waals surface area (Å²) in [6.07, 6.45) is 5.00. The number of hydrogen-bond donors (Lipinski definition) is 2. The number of benzene rings is 1. The Morgan fingerprint density at radius 2 is 1.97 bits per heavy atom. The van der Waals surface area contributed by atoms with Gasteiger partial charge in [0.25, 0.3) is 5.91 Å². The van der Waals surface area contributed by atoms with E-state index in [9.17, 15) is 9.59 Å². The summed E-state index contributed by atoms with van der Waals surface area (Å²) in [4.78, 5) is 32.6. The lowest BCUT2D eigenvalue weighted by Crippen LogP contribution is -2.40. The molecule has 1 aliphatic heterocycles. The lowest BCUT2D eigenvalue weighted by atomic mass is 9.96. The minimum absolute atomic E-state index is 0.235. The van der Waals surface area contributed by atoms with Crippen LogP contribution in [0, 0.1) is 12.8 Å². The number of hydrogen-bond acceptors (Lipinski definition) is 7. The van der Waals surface area contributed by atoms with Crippen molar-refractivity contribution >= 4 is 34.7 Å². The lowest BCUT2D eigenvalue weighted by Gasteiger charge is -2.34. The minimum atomic E-state index is -0.488. The van der Waals surface area contributed by atoms with Crippen LogP contribution < -0.4 is 15.5 Å². The topological polar surface area (TPSA) is 101 Å². The van der Waals surface area contributed by atoms with Crippen LogP contribution in [0.2, 0.25) is 0 Å². The molecule has 3 aromatic rings. The number of thiazole rings is 1. The van der Waals surface area contributed by atoms with Crippen molar-refractivity contribution in [2.45, 2.75) is 46.1 Å². The van der Waals surface area contributed by atoms with Gasteiger partial charge in [-0.3, -0.25) is 9.48 Å². The van der Waals surface area contributed by atoms with Gasteiger partial charge in [-0.15, -0.1) is 11.3 Å². The first-order chi connectivity index (χ1) is 17.1. The van der Waals surface area contributed by atoms with Gasteiger partial charge in [-0.05, 0) is 58.6 Å². The Labute approximate surface area is 215 Å². The molecule has 36 heavy (non-hydrogen) atoms. The number of ether oxygens (including phenoxy) is 1. The molecule has 10 heteroatoms. The average Bonchev–Trinajstić information content (AvgIpc) is 3.42. The number of nitrogens with zero attached hydrogens (tertiary/aromatic N) is 4. The molecule has 0 spiro atoms. The molecule has 1 fully saturated rings. The molecule has 0 unspecified atom stereocenters. The number of alkyl carbamates (subject to hydrolysis) is 1. The van der Waals surface area contributed by atoms with E-state index in [0.717, 1.165) is 47.1 Å². The monoisotopic (exact) mass is 510 g/mol. The Morgan fingerprint density at radius 3 is 2.64 bits per heavy atom. The van der Waals surface area contributed by atoms with E-state index in [1.54, 1.807) is 24.1 Å². The first-order valence-corrected chi connectivity index (χ1v) is 13.0. The molecule has 1 aromatic carbocycles. The summed E-state index contributed by atoms with van der Waals surface area (Å²) in [5, 5.41) is 10.7. The van der Waals surface area contributed by atoms with E-state index in [4.69, 9.17) is 4.74 Å². The Balaban J connectivity index is 1.36. The second-order valence-corrected chi connectivity index (χ2v) is 11.3. The smallest absolute Gasteiger partial charge is 0.407 e. The molecule has 1 saturated heterocycles. The Kier molecular flexibility index (Phi) is 7.63. The number of nitrogens with one attached hydrogen (secondary N) is 2. The van der Waals surface area contributed by atoms with Gasteiger partial charge in [0.05, 0.1) is 11.9 Å². The molecular formula is C26H34N6O3S. The van der Waals surface area contributed by atoms with Crippen LogP contribution in [0.1, 0.15) is 49.0 Å². The maximum absolute atomic E-state index is 12.8. The summed E-state index contributed by atoms with van der Waals surface area (Å²) < 4.78 is 6.98. The van der Waals surface area contributed by atoms with E-state index in [2.05, 4.69) is 37.7 Å². The van der Waals surface area contributed by atoms with E-state index < -0.39 is 5.60 Å². The molecule has 0 radical (unpaired) electrons. The second kappa shape index (κ2) is 10.7. The Morgan fingerprint density at radius 1 is 1.22 bits per heavy atom. The largest absolute Gasteiger partial charge is 0.444 e. The third-order valence-electron chi connectivity index (χ3n) is 5.98. The van der Waals surface area contributed by atoms with Gasteiger partial charge in [-0.1, -0.05) is 12.1 Å². The van der Waals surface area contributed by atoms with Crippen LogP contribution in [0.25, 0.3) is 10.6 Å². The summed E-state index contributed by atoms with van der Waals surface area (Å²) in [6, 6.07) is 8.31. The SMILES string of the molecule is Cc1sc(-c2cccc(N3CCC(CNC(=O)OC(C)(C)C)CC3)c2)nc1C(=O)Nc1cnn(C)c1. The van der Waals surface area contributed by atoms with Crippen LogP contribution in [0.3, 0.4) is 0 Å². The van der Waals surface area contributed by atoms with E-state index in [1.165, 1.54) is 11.3 Å². The van der Waals surface area contributed by atoms with Crippen molar-refractivity contribution in [3.8, 4) is 10.6 Å². The summed E-state index contributed by atoms with van der Waals surface area (Å²) >= 11 is 1.52. The molecule has 4 rings (SSSR count). The van der Waals surface area contributed by atoms with Crippen molar-refractivity contribution in [1.29, 1.82) is 0 Å². The Bertz CT molecular complexity index is 1220. The lowest BCUT2D eigenvalue weighted by molar-refractivity contribution is 0.0516. The number of anilines is 2. The first-order valence-electron chi connectivity index (χ1n) is 12.2. The quantitative estimate of drug-likeness (QED) is 0.492. The van der Waals surface area contributed by atoms with Gasteiger partial charge >= 0.3 is 6.09 Å². The number of aromatic nitrogens is 3. The molecule has 9 nitrogen and oxygen atoms in total. The molecule has 0 bridgehead atoms. The number of amides is 2. The van der Waals surface area contributed by atoms with Gasteiger partial charge < -0.3 is 20.3 Å². The molecule has 2 aromatic heterocycles. The summed E-state index contributed by atoms with van der Waals surface area (Å²) in [5.41, 5.74) is 2.72. The molecule has 0 atom stereocenters. The van der Waals surface area contributed by atoms with E-state index in [-0.39, 0.29) is 12.0 Å². The van der Waals surface area contributed by atoms with Crippen molar-refractivity contribution in [3.63, 3.8) is 0 Å². The first kappa shape index (κ1) is 25.7. The van der Waals surface area contributed by atoms with Gasteiger partial charge in [0.1, 0.15) is 16.3 Å². The van der Waals surface area contributed by atoms with Crippen molar-refractivity contribution < 1.29 is 14.3 Å². The zero-order chi connectivity index (χ0) is 25.9. The highest BCUT2D eigenvalue weighted by molar-refractivity contribution is 7.15. The minimum Gasteiger partial charge on any atom is -0.444 e. The predicted molar refractivity (Wildman–Crippen MR) is 143 cm³/mol. The molecule has 1 aliphatic rings. The van der Waals surface area contributed by atoms with Gasteiger partial charge in [0.15, 0.2) is 0 Å². The average molecular weight is 511 g/mol. The highest BCUT2D eigenvalue weighted by atomic mass is 32.1. The third-order valence-corrected chi connectivity index (χ3v) is 7.00. The number of rotatable bonds is 6. The number of aryl methyl sites for hydroxylation is 2. The summed E-state index contributed by atoms with van der Waals surface area (Å²) in [6.45, 7) is 9.97.